The zero-order chi connectivity index (χ0) is 24.2. The van der Waals surface area contributed by atoms with Crippen LogP contribution in [0.1, 0.15) is 10.4 Å². The summed E-state index contributed by atoms with van der Waals surface area (Å²) in [6, 6.07) is 5.96. The number of carbonyl (C=O) groups is 1. The van der Waals surface area contributed by atoms with Crippen LogP contribution in [-0.2, 0) is 4.74 Å². The molecule has 2 fully saturated rings. The number of ether oxygens (including phenoxy) is 1. The Hall–Kier alpha value is -3.21. The maximum atomic E-state index is 14.8. The number of aromatic nitrogens is 1. The lowest BCUT2D eigenvalue weighted by atomic mass is 10.1. The first-order chi connectivity index (χ1) is 16.1. The van der Waals surface area contributed by atoms with Gasteiger partial charge in [0.05, 0.1) is 23.5 Å². The van der Waals surface area contributed by atoms with Gasteiger partial charge in [0.1, 0.15) is 12.4 Å². The summed E-state index contributed by atoms with van der Waals surface area (Å²) in [5.41, 5.74) is 0.872. The molecule has 0 bridgehead atoms. The monoisotopic (exact) mass is 483 g/mol. The maximum absolute atomic E-state index is 14.8. The molecule has 2 heterocycles. The number of carbonyl (C=O) groups excluding carboxylic acids is 1. The summed E-state index contributed by atoms with van der Waals surface area (Å²) in [6.07, 6.45) is -2.97. The number of nitrogens with one attached hydrogen (secondary N) is 2. The van der Waals surface area contributed by atoms with Gasteiger partial charge in [0.25, 0.3) is 5.91 Å². The van der Waals surface area contributed by atoms with Crippen LogP contribution in [0.2, 0.25) is 0 Å². The molecule has 180 valence electrons. The molecule has 1 amide bonds. The fourth-order valence-electron chi connectivity index (χ4n) is 4.72. The van der Waals surface area contributed by atoms with Crippen molar-refractivity contribution in [2.45, 2.75) is 6.18 Å². The molecule has 1 saturated carbocycles. The second-order valence-electron chi connectivity index (χ2n) is 8.66. The quantitative estimate of drug-likeness (QED) is 0.480. The Bertz CT molecular complexity index is 1250. The van der Waals surface area contributed by atoms with Crippen molar-refractivity contribution in [1.29, 1.82) is 0 Å². The highest BCUT2D eigenvalue weighted by molar-refractivity contribution is 6.09. The largest absolute Gasteiger partial charge is 0.411 e. The molecule has 5 nitrogen and oxygen atoms in total. The zero-order valence-corrected chi connectivity index (χ0v) is 17.6. The summed E-state index contributed by atoms with van der Waals surface area (Å²) in [4.78, 5) is 17.1. The number of halogens is 6. The van der Waals surface area contributed by atoms with Crippen LogP contribution in [0, 0.1) is 35.2 Å². The minimum absolute atomic E-state index is 0.0364. The average molecular weight is 483 g/mol. The Morgan fingerprint density at radius 2 is 1.76 bits per heavy atom. The van der Waals surface area contributed by atoms with Gasteiger partial charge in [0.15, 0.2) is 11.6 Å². The van der Waals surface area contributed by atoms with Crippen molar-refractivity contribution >= 4 is 28.2 Å². The number of alkyl halides is 3. The Balaban J connectivity index is 1.21. The van der Waals surface area contributed by atoms with E-state index in [9.17, 15) is 31.1 Å². The van der Waals surface area contributed by atoms with Crippen LogP contribution in [0.15, 0.2) is 36.5 Å². The molecule has 11 heteroatoms. The summed E-state index contributed by atoms with van der Waals surface area (Å²) in [7, 11) is 0. The lowest BCUT2D eigenvalue weighted by Crippen LogP contribution is -2.27. The third-order valence-electron chi connectivity index (χ3n) is 6.47. The van der Waals surface area contributed by atoms with Crippen molar-refractivity contribution in [3.8, 4) is 0 Å². The molecular weight excluding hydrogens is 464 g/mol. The number of piperidine rings is 1. The summed E-state index contributed by atoms with van der Waals surface area (Å²) < 4.78 is 83.1. The van der Waals surface area contributed by atoms with Gasteiger partial charge in [0, 0.05) is 36.3 Å². The van der Waals surface area contributed by atoms with E-state index >= 15 is 0 Å². The van der Waals surface area contributed by atoms with Gasteiger partial charge in [-0.25, -0.2) is 13.2 Å². The van der Waals surface area contributed by atoms with Gasteiger partial charge in [-0.3, -0.25) is 4.79 Å². The summed E-state index contributed by atoms with van der Waals surface area (Å²) in [6.45, 7) is -0.223. The number of hydrogen-bond acceptors (Lipinski definition) is 3. The SMILES string of the molecule is O=C(Nc1c[nH]c2cc(F)c(F)cc12)c1ccc(N2C[C@@H]3[C@@H](COCC(F)(F)F)[C@@H]3C2)c(F)c1. The van der Waals surface area contributed by atoms with Gasteiger partial charge in [-0.1, -0.05) is 0 Å². The molecule has 1 aliphatic carbocycles. The summed E-state index contributed by atoms with van der Waals surface area (Å²) >= 11 is 0. The van der Waals surface area contributed by atoms with Crippen LogP contribution in [-0.4, -0.2) is 43.4 Å². The molecule has 0 spiro atoms. The van der Waals surface area contributed by atoms with E-state index < -0.39 is 36.1 Å². The van der Waals surface area contributed by atoms with E-state index in [-0.39, 0.29) is 41.0 Å². The van der Waals surface area contributed by atoms with Gasteiger partial charge >= 0.3 is 6.18 Å². The number of aromatic amines is 1. The normalized spacial score (nSPS) is 21.7. The van der Waals surface area contributed by atoms with E-state index in [2.05, 4.69) is 10.3 Å². The second-order valence-corrected chi connectivity index (χ2v) is 8.66. The molecule has 5 rings (SSSR count). The Morgan fingerprint density at radius 1 is 1.06 bits per heavy atom. The number of hydrogen-bond donors (Lipinski definition) is 2. The van der Waals surface area contributed by atoms with E-state index in [4.69, 9.17) is 4.74 Å². The first kappa shape index (κ1) is 22.6. The average Bonchev–Trinajstić information content (AvgIpc) is 3.08. The minimum Gasteiger partial charge on any atom is -0.372 e. The molecule has 1 aromatic heterocycles. The molecule has 34 heavy (non-hydrogen) atoms. The van der Waals surface area contributed by atoms with Gasteiger partial charge < -0.3 is 19.9 Å². The van der Waals surface area contributed by atoms with Crippen LogP contribution in [0.3, 0.4) is 0 Å². The smallest absolute Gasteiger partial charge is 0.372 e. The van der Waals surface area contributed by atoms with E-state index in [1.807, 2.05) is 4.90 Å². The molecule has 1 aliphatic heterocycles. The van der Waals surface area contributed by atoms with Gasteiger partial charge in [-0.05, 0) is 42.0 Å². The fraction of sp³-hybridized carbons (Fsp3) is 0.348. The number of anilines is 2. The third kappa shape index (κ3) is 4.31. The summed E-state index contributed by atoms with van der Waals surface area (Å²) in [5.74, 6) is -2.96. The van der Waals surface area contributed by atoms with Crippen molar-refractivity contribution in [2.75, 3.05) is 36.5 Å². The fourth-order valence-corrected chi connectivity index (χ4v) is 4.72. The van der Waals surface area contributed by atoms with Crippen molar-refractivity contribution in [1.82, 2.24) is 4.98 Å². The molecular formula is C23H19F6N3O2. The van der Waals surface area contributed by atoms with E-state index in [1.165, 1.54) is 18.3 Å². The van der Waals surface area contributed by atoms with E-state index in [0.717, 1.165) is 18.2 Å². The van der Waals surface area contributed by atoms with Crippen LogP contribution in [0.25, 0.3) is 10.9 Å². The molecule has 3 aromatic rings. The van der Waals surface area contributed by atoms with Gasteiger partial charge in [-0.2, -0.15) is 13.2 Å². The van der Waals surface area contributed by atoms with Gasteiger partial charge in [-0.15, -0.1) is 0 Å². The predicted molar refractivity (Wildman–Crippen MR) is 112 cm³/mol. The molecule has 0 radical (unpaired) electrons. The molecule has 2 N–H and O–H groups in total. The zero-order valence-electron chi connectivity index (χ0n) is 17.6. The van der Waals surface area contributed by atoms with Crippen LogP contribution >= 0.6 is 0 Å². The standard InChI is InChI=1S/C23H19F6N3O2/c24-16-4-12-19(5-17(16)25)30-6-20(12)31-22(33)11-1-2-21(18(26)3-11)32-7-13-14(8-32)15(13)9-34-10-23(27,28)29/h1-6,13-15,30H,7-10H2,(H,31,33)/t13-,14+,15+. The number of H-pyrrole nitrogens is 1. The number of amides is 1. The van der Waals surface area contributed by atoms with Gasteiger partial charge in [0.2, 0.25) is 0 Å². The Morgan fingerprint density at radius 3 is 2.44 bits per heavy atom. The Kier molecular flexibility index (Phi) is 5.46. The summed E-state index contributed by atoms with van der Waals surface area (Å²) in [5, 5.41) is 2.83. The highest BCUT2D eigenvalue weighted by Crippen LogP contribution is 2.53. The number of benzene rings is 2. The second kappa shape index (κ2) is 8.23. The highest BCUT2D eigenvalue weighted by atomic mass is 19.4. The van der Waals surface area contributed by atoms with Crippen LogP contribution in [0.4, 0.5) is 37.7 Å². The molecule has 1 saturated heterocycles. The number of nitrogens with zero attached hydrogens (tertiary/aromatic N) is 1. The highest BCUT2D eigenvalue weighted by Gasteiger charge is 2.56. The van der Waals surface area contributed by atoms with E-state index in [1.54, 1.807) is 0 Å². The van der Waals surface area contributed by atoms with Crippen LogP contribution < -0.4 is 10.2 Å². The lowest BCUT2D eigenvalue weighted by molar-refractivity contribution is -0.175. The van der Waals surface area contributed by atoms with E-state index in [0.29, 0.717) is 24.3 Å². The van der Waals surface area contributed by atoms with Crippen molar-refractivity contribution in [3.63, 3.8) is 0 Å². The van der Waals surface area contributed by atoms with Crippen molar-refractivity contribution < 1.29 is 35.9 Å². The lowest BCUT2D eigenvalue weighted by Gasteiger charge is -2.23. The molecule has 3 atom stereocenters. The first-order valence-electron chi connectivity index (χ1n) is 10.6. The number of fused-ring (bicyclic) bond motifs is 2. The predicted octanol–water partition coefficient (Wildman–Crippen LogP) is 5.10. The van der Waals surface area contributed by atoms with Crippen molar-refractivity contribution in [3.05, 3.63) is 59.5 Å². The van der Waals surface area contributed by atoms with Crippen molar-refractivity contribution in [2.24, 2.45) is 17.8 Å². The minimum atomic E-state index is -4.35. The molecule has 0 unspecified atom stereocenters. The topological polar surface area (TPSA) is 57.4 Å². The molecule has 2 aromatic carbocycles. The molecule has 2 aliphatic rings. The third-order valence-corrected chi connectivity index (χ3v) is 6.47. The first-order valence-corrected chi connectivity index (χ1v) is 10.6. The van der Waals surface area contributed by atoms with Crippen LogP contribution in [0.5, 0.6) is 0 Å². The Labute approximate surface area is 189 Å². The number of rotatable bonds is 6. The maximum Gasteiger partial charge on any atom is 0.411 e.